The lowest BCUT2D eigenvalue weighted by atomic mass is 10.1. The summed E-state index contributed by atoms with van der Waals surface area (Å²) in [7, 11) is 1.54. The van der Waals surface area contributed by atoms with Crippen molar-refractivity contribution in [3.05, 3.63) is 54.0 Å². The van der Waals surface area contributed by atoms with E-state index in [4.69, 9.17) is 13.9 Å². The van der Waals surface area contributed by atoms with Gasteiger partial charge in [0.05, 0.1) is 31.6 Å². The van der Waals surface area contributed by atoms with E-state index in [9.17, 15) is 9.59 Å². The third-order valence-electron chi connectivity index (χ3n) is 5.26. The molecule has 1 atom stereocenters. The quantitative estimate of drug-likeness (QED) is 0.578. The van der Waals surface area contributed by atoms with Crippen LogP contribution in [0.25, 0.3) is 0 Å². The largest absolute Gasteiger partial charge is 0.496 e. The fraction of sp³-hybridized carbons (Fsp3) is 0.500. The van der Waals surface area contributed by atoms with Crippen molar-refractivity contribution in [3.63, 3.8) is 0 Å². The molecule has 1 aliphatic heterocycles. The van der Waals surface area contributed by atoms with Gasteiger partial charge in [-0.05, 0) is 43.0 Å². The number of amides is 2. The lowest BCUT2D eigenvalue weighted by molar-refractivity contribution is -0.134. The van der Waals surface area contributed by atoms with Gasteiger partial charge in [0.2, 0.25) is 5.91 Å². The highest BCUT2D eigenvalue weighted by Crippen LogP contribution is 2.21. The standard InChI is InChI=1S/C24H32N2O5/c1-18(2)14-26(24(28)21-10-4-5-11-22(21)29-3)17-23(27)25(15-19-8-6-12-30-19)16-20-9-7-13-31-20/h4-6,8,10-12,18,20H,7,9,13-17H2,1-3H3/t20-/m0/s1. The Bertz CT molecular complexity index is 843. The number of hydrogen-bond acceptors (Lipinski definition) is 5. The van der Waals surface area contributed by atoms with Crippen molar-refractivity contribution in [2.75, 3.05) is 33.4 Å². The summed E-state index contributed by atoms with van der Waals surface area (Å²) in [4.78, 5) is 30.0. The summed E-state index contributed by atoms with van der Waals surface area (Å²) >= 11 is 0. The molecular weight excluding hydrogens is 396 g/mol. The molecule has 168 valence electrons. The summed E-state index contributed by atoms with van der Waals surface area (Å²) in [5, 5.41) is 0. The van der Waals surface area contributed by atoms with Crippen LogP contribution in [0.5, 0.6) is 5.75 Å². The van der Waals surface area contributed by atoms with Crippen LogP contribution in [0.15, 0.2) is 47.1 Å². The molecule has 1 saturated heterocycles. The highest BCUT2D eigenvalue weighted by Gasteiger charge is 2.28. The van der Waals surface area contributed by atoms with Crippen LogP contribution in [0.2, 0.25) is 0 Å². The number of rotatable bonds is 10. The van der Waals surface area contributed by atoms with Crippen LogP contribution in [-0.2, 0) is 16.1 Å². The molecule has 0 unspecified atom stereocenters. The highest BCUT2D eigenvalue weighted by atomic mass is 16.5. The number of carbonyl (C=O) groups is 2. The van der Waals surface area contributed by atoms with Gasteiger partial charge in [0.25, 0.3) is 5.91 Å². The molecule has 0 radical (unpaired) electrons. The van der Waals surface area contributed by atoms with Crippen molar-refractivity contribution in [1.82, 2.24) is 9.80 Å². The molecular formula is C24H32N2O5. The maximum absolute atomic E-state index is 13.3. The monoisotopic (exact) mass is 428 g/mol. The molecule has 7 heteroatoms. The Labute approximate surface area is 183 Å². The van der Waals surface area contributed by atoms with Gasteiger partial charge in [0.15, 0.2) is 0 Å². The Morgan fingerprint density at radius 1 is 1.16 bits per heavy atom. The van der Waals surface area contributed by atoms with Gasteiger partial charge in [0, 0.05) is 19.7 Å². The first kappa shape index (κ1) is 22.9. The first-order valence-corrected chi connectivity index (χ1v) is 10.8. The molecule has 3 rings (SSSR count). The third kappa shape index (κ3) is 6.34. The summed E-state index contributed by atoms with van der Waals surface area (Å²) in [6.45, 7) is 6.07. The van der Waals surface area contributed by atoms with E-state index >= 15 is 0 Å². The Balaban J connectivity index is 1.78. The van der Waals surface area contributed by atoms with Crippen molar-refractivity contribution >= 4 is 11.8 Å². The van der Waals surface area contributed by atoms with Crippen molar-refractivity contribution in [2.45, 2.75) is 39.3 Å². The van der Waals surface area contributed by atoms with E-state index in [0.717, 1.165) is 19.4 Å². The van der Waals surface area contributed by atoms with Gasteiger partial charge in [-0.1, -0.05) is 26.0 Å². The first-order chi connectivity index (χ1) is 15.0. The van der Waals surface area contributed by atoms with Gasteiger partial charge < -0.3 is 23.7 Å². The lowest BCUT2D eigenvalue weighted by Gasteiger charge is -2.30. The number of methoxy groups -OCH3 is 1. The van der Waals surface area contributed by atoms with Gasteiger partial charge in [-0.15, -0.1) is 0 Å². The average molecular weight is 429 g/mol. The van der Waals surface area contributed by atoms with E-state index in [-0.39, 0.29) is 30.4 Å². The van der Waals surface area contributed by atoms with Crippen molar-refractivity contribution in [1.29, 1.82) is 0 Å². The molecule has 0 aliphatic carbocycles. The molecule has 31 heavy (non-hydrogen) atoms. The minimum absolute atomic E-state index is 0.0114. The molecule has 2 aromatic rings. The molecule has 1 fully saturated rings. The lowest BCUT2D eigenvalue weighted by Crippen LogP contribution is -2.46. The minimum atomic E-state index is -0.213. The third-order valence-corrected chi connectivity index (χ3v) is 5.26. The van der Waals surface area contributed by atoms with Crippen molar-refractivity contribution in [2.24, 2.45) is 5.92 Å². The van der Waals surface area contributed by atoms with Crippen LogP contribution in [0.3, 0.4) is 0 Å². The van der Waals surface area contributed by atoms with Crippen molar-refractivity contribution in [3.8, 4) is 5.75 Å². The van der Waals surface area contributed by atoms with Gasteiger partial charge in [-0.25, -0.2) is 0 Å². The number of hydrogen-bond donors (Lipinski definition) is 0. The predicted octanol–water partition coefficient (Wildman–Crippen LogP) is 3.59. The zero-order chi connectivity index (χ0) is 22.2. The SMILES string of the molecule is COc1ccccc1C(=O)N(CC(=O)N(Cc1ccco1)C[C@@H]1CCCO1)CC(C)C. The van der Waals surface area contributed by atoms with Gasteiger partial charge in [-0.2, -0.15) is 0 Å². The van der Waals surface area contributed by atoms with E-state index in [1.165, 1.54) is 7.11 Å². The smallest absolute Gasteiger partial charge is 0.258 e. The molecule has 0 spiro atoms. The Hall–Kier alpha value is -2.80. The summed E-state index contributed by atoms with van der Waals surface area (Å²) in [5.74, 6) is 1.08. The topological polar surface area (TPSA) is 72.2 Å². The molecule has 1 aromatic heterocycles. The molecule has 2 amide bonds. The van der Waals surface area contributed by atoms with Crippen molar-refractivity contribution < 1.29 is 23.5 Å². The summed E-state index contributed by atoms with van der Waals surface area (Å²) in [6.07, 6.45) is 3.54. The number of nitrogens with zero attached hydrogens (tertiary/aromatic N) is 2. The van der Waals surface area contributed by atoms with Gasteiger partial charge in [0.1, 0.15) is 18.1 Å². The number of para-hydroxylation sites is 1. The number of benzene rings is 1. The summed E-state index contributed by atoms with van der Waals surface area (Å²) in [5.41, 5.74) is 0.454. The molecule has 2 heterocycles. The van der Waals surface area contributed by atoms with Gasteiger partial charge >= 0.3 is 0 Å². The first-order valence-electron chi connectivity index (χ1n) is 10.8. The Morgan fingerprint density at radius 3 is 2.61 bits per heavy atom. The number of furan rings is 1. The second kappa shape index (κ2) is 11.0. The normalized spacial score (nSPS) is 15.8. The molecule has 7 nitrogen and oxygen atoms in total. The second-order valence-electron chi connectivity index (χ2n) is 8.27. The highest BCUT2D eigenvalue weighted by molar-refractivity contribution is 5.98. The van der Waals surface area contributed by atoms with Crippen LogP contribution < -0.4 is 4.74 Å². The van der Waals surface area contributed by atoms with E-state index in [1.807, 2.05) is 26.0 Å². The molecule has 1 aliphatic rings. The van der Waals surface area contributed by atoms with Crippen LogP contribution in [-0.4, -0.2) is 61.1 Å². The Kier molecular flexibility index (Phi) is 8.12. The van der Waals surface area contributed by atoms with E-state index in [1.54, 1.807) is 40.3 Å². The summed E-state index contributed by atoms with van der Waals surface area (Å²) < 4.78 is 16.6. The van der Waals surface area contributed by atoms with Crippen LogP contribution in [0.4, 0.5) is 0 Å². The molecule has 0 bridgehead atoms. The molecule has 0 N–H and O–H groups in total. The molecule has 0 saturated carbocycles. The number of carbonyl (C=O) groups excluding carboxylic acids is 2. The van der Waals surface area contributed by atoms with E-state index in [2.05, 4.69) is 0 Å². The van der Waals surface area contributed by atoms with E-state index < -0.39 is 0 Å². The summed E-state index contributed by atoms with van der Waals surface area (Å²) in [6, 6.07) is 10.8. The van der Waals surface area contributed by atoms with Crippen LogP contribution >= 0.6 is 0 Å². The Morgan fingerprint density at radius 2 is 1.97 bits per heavy atom. The minimum Gasteiger partial charge on any atom is -0.496 e. The van der Waals surface area contributed by atoms with Crippen LogP contribution in [0, 0.1) is 5.92 Å². The maximum Gasteiger partial charge on any atom is 0.258 e. The van der Waals surface area contributed by atoms with Crippen LogP contribution in [0.1, 0.15) is 42.8 Å². The fourth-order valence-corrected chi connectivity index (χ4v) is 3.79. The van der Waals surface area contributed by atoms with E-state index in [0.29, 0.717) is 36.7 Å². The maximum atomic E-state index is 13.3. The average Bonchev–Trinajstić information content (AvgIpc) is 3.46. The molecule has 1 aromatic carbocycles. The zero-order valence-electron chi connectivity index (χ0n) is 18.6. The predicted molar refractivity (Wildman–Crippen MR) is 117 cm³/mol. The number of ether oxygens (including phenoxy) is 2. The second-order valence-corrected chi connectivity index (χ2v) is 8.27. The zero-order valence-corrected chi connectivity index (χ0v) is 18.6. The van der Waals surface area contributed by atoms with Gasteiger partial charge in [-0.3, -0.25) is 9.59 Å². The fourth-order valence-electron chi connectivity index (χ4n) is 3.79.